The zero-order valence-electron chi connectivity index (χ0n) is 19.6. The second kappa shape index (κ2) is 10.5. The van der Waals surface area contributed by atoms with Crippen molar-refractivity contribution in [1.29, 1.82) is 0 Å². The van der Waals surface area contributed by atoms with E-state index in [1.165, 1.54) is 5.56 Å². The summed E-state index contributed by atoms with van der Waals surface area (Å²) in [5.74, 6) is 0.757. The van der Waals surface area contributed by atoms with Crippen LogP contribution in [-0.4, -0.2) is 85.6 Å². The lowest BCUT2D eigenvalue weighted by atomic mass is 9.89. The van der Waals surface area contributed by atoms with Crippen LogP contribution in [0.25, 0.3) is 0 Å². The monoisotopic (exact) mass is 463 g/mol. The maximum atomic E-state index is 12.6. The highest BCUT2D eigenvalue weighted by atomic mass is 16.5. The van der Waals surface area contributed by atoms with Gasteiger partial charge in [0, 0.05) is 51.2 Å². The molecule has 1 N–H and O–H groups in total. The topological polar surface area (TPSA) is 78.0 Å². The molecule has 0 aliphatic carbocycles. The molecule has 1 aromatic carbocycles. The Morgan fingerprint density at radius 1 is 1.00 bits per heavy atom. The number of aromatic nitrogens is 1. The lowest BCUT2D eigenvalue weighted by molar-refractivity contribution is -0.134. The van der Waals surface area contributed by atoms with E-state index < -0.39 is 0 Å². The quantitative estimate of drug-likeness (QED) is 0.708. The van der Waals surface area contributed by atoms with Crippen LogP contribution in [0.15, 0.2) is 48.8 Å². The van der Waals surface area contributed by atoms with Crippen molar-refractivity contribution in [2.24, 2.45) is 5.92 Å². The van der Waals surface area contributed by atoms with Gasteiger partial charge in [-0.2, -0.15) is 0 Å². The number of anilines is 2. The molecule has 0 unspecified atom stereocenters. The van der Waals surface area contributed by atoms with Gasteiger partial charge in [-0.3, -0.25) is 19.5 Å². The molecule has 0 atom stereocenters. The van der Waals surface area contributed by atoms with Crippen LogP contribution >= 0.6 is 0 Å². The molecule has 3 fully saturated rings. The zero-order valence-corrected chi connectivity index (χ0v) is 19.6. The largest absolute Gasteiger partial charge is 0.379 e. The van der Waals surface area contributed by atoms with Crippen LogP contribution in [0.1, 0.15) is 24.3 Å². The van der Waals surface area contributed by atoms with Gasteiger partial charge in [-0.15, -0.1) is 0 Å². The van der Waals surface area contributed by atoms with Crippen LogP contribution in [0.4, 0.5) is 11.4 Å². The summed E-state index contributed by atoms with van der Waals surface area (Å²) in [6.45, 7) is 6.68. The maximum absolute atomic E-state index is 12.6. The number of rotatable bonds is 6. The molecule has 4 heterocycles. The van der Waals surface area contributed by atoms with E-state index in [0.717, 1.165) is 76.7 Å². The number of likely N-dealkylation sites (tertiary alicyclic amines) is 1. The molecule has 2 aromatic rings. The summed E-state index contributed by atoms with van der Waals surface area (Å²) >= 11 is 0. The first-order valence-corrected chi connectivity index (χ1v) is 12.3. The summed E-state index contributed by atoms with van der Waals surface area (Å²) in [5, 5.41) is 3.06. The Bertz CT molecular complexity index is 964. The van der Waals surface area contributed by atoms with Crippen LogP contribution in [0.3, 0.4) is 0 Å². The standard InChI is InChI=1S/C26H33N5O3/c32-25(19-29-12-14-34-15-13-29)30-10-7-21(8-11-30)20-3-5-23(6-4-20)28-26(33)22-17-31(18-22)24-2-1-9-27-16-24/h1-6,9,16,21-22H,7-8,10-15,17-19H2,(H,28,33). The lowest BCUT2D eigenvalue weighted by Crippen LogP contribution is -2.52. The predicted molar refractivity (Wildman–Crippen MR) is 131 cm³/mol. The molecule has 0 spiro atoms. The molecule has 0 radical (unpaired) electrons. The number of nitrogens with one attached hydrogen (secondary N) is 1. The molecule has 0 bridgehead atoms. The van der Waals surface area contributed by atoms with Crippen molar-refractivity contribution < 1.29 is 14.3 Å². The van der Waals surface area contributed by atoms with Crippen molar-refractivity contribution in [2.45, 2.75) is 18.8 Å². The van der Waals surface area contributed by atoms with E-state index in [2.05, 4.69) is 32.2 Å². The summed E-state index contributed by atoms with van der Waals surface area (Å²) in [4.78, 5) is 35.7. The molecule has 0 saturated carbocycles. The third-order valence-electron chi connectivity index (χ3n) is 7.22. The zero-order chi connectivity index (χ0) is 23.3. The Kier molecular flexibility index (Phi) is 7.06. The predicted octanol–water partition coefficient (Wildman–Crippen LogP) is 2.19. The van der Waals surface area contributed by atoms with E-state index in [1.54, 1.807) is 6.20 Å². The van der Waals surface area contributed by atoms with Gasteiger partial charge in [0.05, 0.1) is 37.6 Å². The van der Waals surface area contributed by atoms with Crippen molar-refractivity contribution >= 4 is 23.2 Å². The van der Waals surface area contributed by atoms with Gasteiger partial charge in [0.15, 0.2) is 0 Å². The van der Waals surface area contributed by atoms with Crippen molar-refractivity contribution in [3.05, 3.63) is 54.4 Å². The summed E-state index contributed by atoms with van der Waals surface area (Å²) in [7, 11) is 0. The Morgan fingerprint density at radius 2 is 1.74 bits per heavy atom. The molecular weight excluding hydrogens is 430 g/mol. The number of morpholine rings is 1. The Labute approximate surface area is 200 Å². The molecule has 8 nitrogen and oxygen atoms in total. The maximum Gasteiger partial charge on any atom is 0.236 e. The number of benzene rings is 1. The van der Waals surface area contributed by atoms with Gasteiger partial charge in [0.2, 0.25) is 11.8 Å². The molecule has 2 amide bonds. The van der Waals surface area contributed by atoms with Gasteiger partial charge in [0.25, 0.3) is 0 Å². The Balaban J connectivity index is 1.06. The minimum atomic E-state index is -0.000732. The van der Waals surface area contributed by atoms with E-state index >= 15 is 0 Å². The average molecular weight is 464 g/mol. The molecule has 34 heavy (non-hydrogen) atoms. The molecule has 3 aliphatic rings. The van der Waals surface area contributed by atoms with Crippen molar-refractivity contribution in [3.63, 3.8) is 0 Å². The minimum absolute atomic E-state index is 0.000732. The minimum Gasteiger partial charge on any atom is -0.379 e. The van der Waals surface area contributed by atoms with Crippen molar-refractivity contribution in [2.75, 3.05) is 69.2 Å². The van der Waals surface area contributed by atoms with E-state index in [1.807, 2.05) is 35.4 Å². The Morgan fingerprint density at radius 3 is 2.41 bits per heavy atom. The first kappa shape index (κ1) is 22.8. The van der Waals surface area contributed by atoms with E-state index in [0.29, 0.717) is 12.5 Å². The van der Waals surface area contributed by atoms with Crippen molar-refractivity contribution in [3.8, 4) is 0 Å². The lowest BCUT2D eigenvalue weighted by Gasteiger charge is -2.39. The van der Waals surface area contributed by atoms with Gasteiger partial charge in [-0.25, -0.2) is 0 Å². The van der Waals surface area contributed by atoms with Gasteiger partial charge in [-0.1, -0.05) is 12.1 Å². The first-order valence-electron chi connectivity index (χ1n) is 12.3. The molecule has 3 aliphatic heterocycles. The van der Waals surface area contributed by atoms with Crippen molar-refractivity contribution in [1.82, 2.24) is 14.8 Å². The number of carbonyl (C=O) groups excluding carboxylic acids is 2. The molecule has 1 aromatic heterocycles. The Hall–Kier alpha value is -2.97. The van der Waals surface area contributed by atoms with Crippen LogP contribution in [0.5, 0.6) is 0 Å². The second-order valence-corrected chi connectivity index (χ2v) is 9.47. The second-order valence-electron chi connectivity index (χ2n) is 9.47. The normalized spacial score (nSPS) is 20.1. The highest BCUT2D eigenvalue weighted by Gasteiger charge is 2.33. The fraction of sp³-hybridized carbons (Fsp3) is 0.500. The molecule has 5 rings (SSSR count). The van der Waals surface area contributed by atoms with E-state index in [4.69, 9.17) is 4.74 Å². The average Bonchev–Trinajstić information content (AvgIpc) is 2.85. The number of hydrogen-bond donors (Lipinski definition) is 1. The highest BCUT2D eigenvalue weighted by Crippen LogP contribution is 2.29. The highest BCUT2D eigenvalue weighted by molar-refractivity contribution is 5.94. The summed E-state index contributed by atoms with van der Waals surface area (Å²) < 4.78 is 5.37. The third-order valence-corrected chi connectivity index (χ3v) is 7.22. The number of carbonyl (C=O) groups is 2. The summed E-state index contributed by atoms with van der Waals surface area (Å²) in [6, 6.07) is 12.2. The molecule has 180 valence electrons. The molecule has 8 heteroatoms. The van der Waals surface area contributed by atoms with Gasteiger partial charge < -0.3 is 19.9 Å². The van der Waals surface area contributed by atoms with E-state index in [-0.39, 0.29) is 17.7 Å². The number of pyridine rings is 1. The smallest absolute Gasteiger partial charge is 0.236 e. The van der Waals surface area contributed by atoms with E-state index in [9.17, 15) is 9.59 Å². The third kappa shape index (κ3) is 5.39. The van der Waals surface area contributed by atoms with Gasteiger partial charge >= 0.3 is 0 Å². The summed E-state index contributed by atoms with van der Waals surface area (Å²) in [5.41, 5.74) is 3.18. The van der Waals surface area contributed by atoms with Crippen LogP contribution in [0.2, 0.25) is 0 Å². The fourth-order valence-electron chi connectivity index (χ4n) is 4.99. The van der Waals surface area contributed by atoms with Gasteiger partial charge in [-0.05, 0) is 48.6 Å². The SMILES string of the molecule is O=C(Nc1ccc(C2CCN(C(=O)CN3CCOCC3)CC2)cc1)C1CN(c2cccnc2)C1. The number of nitrogens with zero attached hydrogens (tertiary/aromatic N) is 4. The molecular formula is C26H33N5O3. The number of ether oxygens (including phenoxy) is 1. The number of piperidine rings is 1. The molecule has 3 saturated heterocycles. The van der Waals surface area contributed by atoms with Crippen LogP contribution < -0.4 is 10.2 Å². The number of hydrogen-bond acceptors (Lipinski definition) is 6. The fourth-order valence-corrected chi connectivity index (χ4v) is 4.99. The van der Waals surface area contributed by atoms with Crippen LogP contribution in [-0.2, 0) is 14.3 Å². The van der Waals surface area contributed by atoms with Gasteiger partial charge in [0.1, 0.15) is 0 Å². The summed E-state index contributed by atoms with van der Waals surface area (Å²) in [6.07, 6.45) is 5.55. The number of amides is 2. The van der Waals surface area contributed by atoms with Crippen LogP contribution in [0, 0.1) is 5.92 Å². The first-order chi connectivity index (χ1) is 16.7.